The number of aromatic nitrogens is 3. The van der Waals surface area contributed by atoms with Gasteiger partial charge in [-0.2, -0.15) is 0 Å². The van der Waals surface area contributed by atoms with Crippen LogP contribution < -0.4 is 10.6 Å². The molecule has 0 spiro atoms. The molecule has 0 fully saturated rings. The Hall–Kier alpha value is -3.22. The molecule has 0 aliphatic rings. The molecule has 2 N–H and O–H groups in total. The van der Waals surface area contributed by atoms with Crippen LogP contribution in [0.1, 0.15) is 22.5 Å². The van der Waals surface area contributed by atoms with Gasteiger partial charge in [0.1, 0.15) is 11.3 Å². The second-order valence-electron chi connectivity index (χ2n) is 5.37. The summed E-state index contributed by atoms with van der Waals surface area (Å²) in [5.41, 5.74) is 2.87. The average molecular weight is 323 g/mol. The van der Waals surface area contributed by atoms with E-state index < -0.39 is 0 Å². The lowest BCUT2D eigenvalue weighted by atomic mass is 10.3. The third-order valence-corrected chi connectivity index (χ3v) is 3.49. The van der Waals surface area contributed by atoms with Gasteiger partial charge in [-0.15, -0.1) is 0 Å². The Bertz CT molecular complexity index is 873. The first-order chi connectivity index (χ1) is 11.6. The average Bonchev–Trinajstić information content (AvgIpc) is 2.98. The van der Waals surface area contributed by atoms with E-state index in [1.165, 1.54) is 6.20 Å². The number of nitrogens with zero attached hydrogens (tertiary/aromatic N) is 3. The smallest absolute Gasteiger partial charge is 0.269 e. The highest BCUT2D eigenvalue weighted by atomic mass is 16.2. The Morgan fingerprint density at radius 3 is 2.75 bits per heavy atom. The van der Waals surface area contributed by atoms with Crippen molar-refractivity contribution in [1.29, 1.82) is 0 Å². The first-order valence-electron chi connectivity index (χ1n) is 7.55. The van der Waals surface area contributed by atoms with Gasteiger partial charge in [0.15, 0.2) is 0 Å². The molecule has 2 amide bonds. The van der Waals surface area contributed by atoms with Gasteiger partial charge in [-0.05, 0) is 30.7 Å². The summed E-state index contributed by atoms with van der Waals surface area (Å²) in [5, 5.41) is 5.48. The van der Waals surface area contributed by atoms with Crippen molar-refractivity contribution in [3.63, 3.8) is 0 Å². The summed E-state index contributed by atoms with van der Waals surface area (Å²) in [5.74, 6) is -0.430. The topological polar surface area (TPSA) is 88.4 Å². The van der Waals surface area contributed by atoms with E-state index in [0.29, 0.717) is 17.0 Å². The van der Waals surface area contributed by atoms with E-state index in [4.69, 9.17) is 0 Å². The van der Waals surface area contributed by atoms with Crippen LogP contribution in [0.25, 0.3) is 5.65 Å². The quantitative estimate of drug-likeness (QED) is 0.749. The number of nitrogens with one attached hydrogen (secondary N) is 2. The molecule has 0 atom stereocenters. The van der Waals surface area contributed by atoms with Crippen molar-refractivity contribution in [1.82, 2.24) is 19.7 Å². The van der Waals surface area contributed by atoms with E-state index >= 15 is 0 Å². The molecule has 0 radical (unpaired) electrons. The summed E-state index contributed by atoms with van der Waals surface area (Å²) in [6.45, 7) is 2.19. The lowest BCUT2D eigenvalue weighted by Crippen LogP contribution is -2.28. The largest absolute Gasteiger partial charge is 0.350 e. The van der Waals surface area contributed by atoms with Crippen molar-refractivity contribution in [3.8, 4) is 0 Å². The number of hydrogen-bond donors (Lipinski definition) is 2. The molecule has 3 rings (SSSR count). The zero-order valence-corrected chi connectivity index (χ0v) is 13.2. The number of imidazole rings is 1. The minimum atomic E-state index is -0.259. The highest BCUT2D eigenvalue weighted by molar-refractivity contribution is 5.94. The van der Waals surface area contributed by atoms with Crippen LogP contribution in [0, 0.1) is 6.92 Å². The second-order valence-corrected chi connectivity index (χ2v) is 5.37. The first-order valence-corrected chi connectivity index (χ1v) is 7.55. The molecule has 7 heteroatoms. The summed E-state index contributed by atoms with van der Waals surface area (Å²) < 4.78 is 1.74. The maximum atomic E-state index is 12.3. The summed E-state index contributed by atoms with van der Waals surface area (Å²) in [4.78, 5) is 32.2. The van der Waals surface area contributed by atoms with Crippen molar-refractivity contribution in [2.45, 2.75) is 13.3 Å². The SMILES string of the molecule is Cc1ccc2ncc(C(=O)NCCC(=O)Nc3ccncc3)n2c1. The van der Waals surface area contributed by atoms with Crippen LogP contribution in [-0.4, -0.2) is 32.7 Å². The van der Waals surface area contributed by atoms with Crippen LogP contribution in [0.3, 0.4) is 0 Å². The standard InChI is InChI=1S/C17H17N5O2/c1-12-2-3-15-20-10-14(22(15)11-12)17(24)19-9-6-16(23)21-13-4-7-18-8-5-13/h2-5,7-8,10-11H,6,9H2,1H3,(H,19,24)(H,18,21,23). The number of amides is 2. The first kappa shape index (κ1) is 15.7. The third kappa shape index (κ3) is 3.57. The second kappa shape index (κ2) is 6.91. The molecular weight excluding hydrogens is 306 g/mol. The minimum Gasteiger partial charge on any atom is -0.350 e. The molecule has 122 valence electrons. The zero-order chi connectivity index (χ0) is 16.9. The van der Waals surface area contributed by atoms with Crippen molar-refractivity contribution in [2.75, 3.05) is 11.9 Å². The van der Waals surface area contributed by atoms with Crippen molar-refractivity contribution < 1.29 is 9.59 Å². The van der Waals surface area contributed by atoms with Gasteiger partial charge >= 0.3 is 0 Å². The monoisotopic (exact) mass is 323 g/mol. The van der Waals surface area contributed by atoms with Crippen molar-refractivity contribution in [2.24, 2.45) is 0 Å². The maximum Gasteiger partial charge on any atom is 0.269 e. The maximum absolute atomic E-state index is 12.3. The fourth-order valence-electron chi connectivity index (χ4n) is 2.29. The molecule has 0 unspecified atom stereocenters. The lowest BCUT2D eigenvalue weighted by molar-refractivity contribution is -0.116. The van der Waals surface area contributed by atoms with E-state index in [2.05, 4.69) is 20.6 Å². The molecule has 3 aromatic heterocycles. The minimum absolute atomic E-state index is 0.171. The van der Waals surface area contributed by atoms with Gasteiger partial charge in [-0.3, -0.25) is 19.0 Å². The Morgan fingerprint density at radius 1 is 1.17 bits per heavy atom. The fraction of sp³-hybridized carbons (Fsp3) is 0.176. The van der Waals surface area contributed by atoms with Gasteiger partial charge in [0, 0.05) is 37.2 Å². The Morgan fingerprint density at radius 2 is 1.96 bits per heavy atom. The van der Waals surface area contributed by atoms with E-state index in [1.807, 2.05) is 25.3 Å². The van der Waals surface area contributed by atoms with Gasteiger partial charge in [-0.1, -0.05) is 6.07 Å². The number of pyridine rings is 2. The third-order valence-electron chi connectivity index (χ3n) is 3.49. The molecule has 0 saturated carbocycles. The predicted molar refractivity (Wildman–Crippen MR) is 89.7 cm³/mol. The molecule has 0 aliphatic heterocycles. The molecule has 3 aromatic rings. The van der Waals surface area contributed by atoms with Crippen molar-refractivity contribution >= 4 is 23.1 Å². The molecule has 24 heavy (non-hydrogen) atoms. The van der Waals surface area contributed by atoms with Crippen LogP contribution in [0.2, 0.25) is 0 Å². The summed E-state index contributed by atoms with van der Waals surface area (Å²) >= 11 is 0. The van der Waals surface area contributed by atoms with E-state index in [-0.39, 0.29) is 24.8 Å². The number of anilines is 1. The number of hydrogen-bond acceptors (Lipinski definition) is 4. The number of aryl methyl sites for hydroxylation is 1. The number of fused-ring (bicyclic) bond motifs is 1. The van der Waals surface area contributed by atoms with Gasteiger partial charge < -0.3 is 10.6 Å². The molecule has 0 saturated heterocycles. The summed E-state index contributed by atoms with van der Waals surface area (Å²) in [7, 11) is 0. The van der Waals surface area contributed by atoms with E-state index in [0.717, 1.165) is 5.56 Å². The predicted octanol–water partition coefficient (Wildman–Crippen LogP) is 1.80. The van der Waals surface area contributed by atoms with Crippen LogP contribution >= 0.6 is 0 Å². The lowest BCUT2D eigenvalue weighted by Gasteiger charge is -2.07. The number of carbonyl (C=O) groups excluding carboxylic acids is 2. The van der Waals surface area contributed by atoms with Crippen LogP contribution in [0.15, 0.2) is 49.1 Å². The highest BCUT2D eigenvalue weighted by Crippen LogP contribution is 2.09. The molecule has 0 aromatic carbocycles. The molecule has 3 heterocycles. The molecule has 7 nitrogen and oxygen atoms in total. The number of carbonyl (C=O) groups is 2. The van der Waals surface area contributed by atoms with Gasteiger partial charge in [0.05, 0.1) is 6.20 Å². The van der Waals surface area contributed by atoms with E-state index in [1.54, 1.807) is 28.9 Å². The zero-order valence-electron chi connectivity index (χ0n) is 13.2. The van der Waals surface area contributed by atoms with Gasteiger partial charge in [-0.25, -0.2) is 4.98 Å². The van der Waals surface area contributed by atoms with Crippen molar-refractivity contribution in [3.05, 3.63) is 60.3 Å². The molecule has 0 bridgehead atoms. The Kier molecular flexibility index (Phi) is 4.51. The van der Waals surface area contributed by atoms with Gasteiger partial charge in [0.2, 0.25) is 5.91 Å². The Labute approximate surface area is 138 Å². The van der Waals surface area contributed by atoms with Gasteiger partial charge in [0.25, 0.3) is 5.91 Å². The van der Waals surface area contributed by atoms with Crippen LogP contribution in [0.4, 0.5) is 5.69 Å². The van der Waals surface area contributed by atoms with Crippen LogP contribution in [0.5, 0.6) is 0 Å². The summed E-state index contributed by atoms with van der Waals surface area (Å²) in [6, 6.07) is 7.20. The summed E-state index contributed by atoms with van der Waals surface area (Å²) in [6.07, 6.45) is 6.77. The normalized spacial score (nSPS) is 10.5. The van der Waals surface area contributed by atoms with Crippen LogP contribution in [-0.2, 0) is 4.79 Å². The van der Waals surface area contributed by atoms with E-state index in [9.17, 15) is 9.59 Å². The molecule has 0 aliphatic carbocycles. The number of rotatable bonds is 5. The highest BCUT2D eigenvalue weighted by Gasteiger charge is 2.12. The fourth-order valence-corrected chi connectivity index (χ4v) is 2.29. The Balaban J connectivity index is 1.55. The molecular formula is C17H17N5O2.